The maximum atomic E-state index is 10.9. The third kappa shape index (κ3) is 8.27. The van der Waals surface area contributed by atoms with Crippen molar-refractivity contribution in [2.24, 2.45) is 0 Å². The number of rotatable bonds is 9. The van der Waals surface area contributed by atoms with Gasteiger partial charge in [0.05, 0.1) is 19.3 Å². The zero-order chi connectivity index (χ0) is 12.2. The summed E-state index contributed by atoms with van der Waals surface area (Å²) in [5, 5.41) is 3.16. The molecule has 0 fully saturated rings. The van der Waals surface area contributed by atoms with Gasteiger partial charge in [-0.25, -0.2) is 4.79 Å². The first-order valence-electron chi connectivity index (χ1n) is 5.67. The highest BCUT2D eigenvalue weighted by molar-refractivity contribution is 5.70. The van der Waals surface area contributed by atoms with Crippen LogP contribution in [-0.4, -0.2) is 38.4 Å². The average molecular weight is 227 g/mol. The first-order valence-corrected chi connectivity index (χ1v) is 5.67. The Hall–Kier alpha value is -1.05. The molecule has 92 valence electrons. The number of esters is 1. The number of ether oxygens (including phenoxy) is 2. The third-order valence-electron chi connectivity index (χ3n) is 1.94. The van der Waals surface area contributed by atoms with Crippen molar-refractivity contribution in [3.05, 3.63) is 0 Å². The predicted octanol–water partition coefficient (Wildman–Crippen LogP) is 0.958. The lowest BCUT2D eigenvalue weighted by Crippen LogP contribution is -2.31. The van der Waals surface area contributed by atoms with Gasteiger partial charge in [0.15, 0.2) is 0 Å². The second-order valence-electron chi connectivity index (χ2n) is 3.32. The number of nitrogens with one attached hydrogen (secondary N) is 1. The second kappa shape index (κ2) is 10.5. The fraction of sp³-hybridized carbons (Fsp3) is 0.750. The zero-order valence-corrected chi connectivity index (χ0v) is 10.1. The van der Waals surface area contributed by atoms with Crippen LogP contribution in [0.4, 0.5) is 0 Å². The van der Waals surface area contributed by atoms with Gasteiger partial charge in [-0.3, -0.25) is 0 Å². The Labute approximate surface area is 97.7 Å². The number of carbonyl (C=O) groups is 1. The van der Waals surface area contributed by atoms with Gasteiger partial charge in [-0.2, -0.15) is 0 Å². The molecule has 0 rings (SSSR count). The van der Waals surface area contributed by atoms with E-state index in [1.807, 2.05) is 0 Å². The maximum absolute atomic E-state index is 10.9. The van der Waals surface area contributed by atoms with Gasteiger partial charge in [0.25, 0.3) is 0 Å². The minimum atomic E-state index is -0.329. The summed E-state index contributed by atoms with van der Waals surface area (Å²) in [5.74, 6) is 2.34. The van der Waals surface area contributed by atoms with Gasteiger partial charge in [-0.1, -0.05) is 19.3 Å². The molecular formula is C12H21NO3. The molecule has 0 aliphatic rings. The van der Waals surface area contributed by atoms with Crippen LogP contribution in [0.2, 0.25) is 0 Å². The van der Waals surface area contributed by atoms with Gasteiger partial charge in [-0.15, -0.1) is 6.42 Å². The summed E-state index contributed by atoms with van der Waals surface area (Å²) in [6.45, 7) is 5.35. The van der Waals surface area contributed by atoms with Crippen molar-refractivity contribution >= 4 is 5.97 Å². The van der Waals surface area contributed by atoms with Gasteiger partial charge in [0.2, 0.25) is 0 Å². The lowest BCUT2D eigenvalue weighted by atomic mass is 10.2. The largest absolute Gasteiger partial charge is 0.464 e. The summed E-state index contributed by atoms with van der Waals surface area (Å²) in [6, 6.07) is 0.0937. The number of hydrogen-bond donors (Lipinski definition) is 1. The Morgan fingerprint density at radius 1 is 1.50 bits per heavy atom. The first-order chi connectivity index (χ1) is 7.74. The molecule has 0 bridgehead atoms. The van der Waals surface area contributed by atoms with E-state index >= 15 is 0 Å². The Balaban J connectivity index is 3.39. The summed E-state index contributed by atoms with van der Waals surface area (Å²) >= 11 is 0. The molecule has 0 amide bonds. The Morgan fingerprint density at radius 2 is 2.25 bits per heavy atom. The van der Waals surface area contributed by atoms with E-state index in [1.165, 1.54) is 0 Å². The molecule has 0 saturated carbocycles. The first kappa shape index (κ1) is 14.9. The number of carbonyl (C=O) groups excluding carboxylic acids is 1. The van der Waals surface area contributed by atoms with Crippen molar-refractivity contribution in [2.75, 3.05) is 26.4 Å². The Bertz CT molecular complexity index is 223. The molecule has 4 nitrogen and oxygen atoms in total. The van der Waals surface area contributed by atoms with E-state index in [9.17, 15) is 4.79 Å². The molecule has 0 spiro atoms. The van der Waals surface area contributed by atoms with Crippen LogP contribution in [0.25, 0.3) is 0 Å². The van der Waals surface area contributed by atoms with Crippen LogP contribution in [0.15, 0.2) is 0 Å². The molecule has 0 saturated heterocycles. The van der Waals surface area contributed by atoms with Gasteiger partial charge in [0, 0.05) is 6.54 Å². The molecule has 0 aliphatic heterocycles. The van der Waals surface area contributed by atoms with E-state index < -0.39 is 0 Å². The van der Waals surface area contributed by atoms with Crippen molar-refractivity contribution < 1.29 is 14.3 Å². The maximum Gasteiger partial charge on any atom is 0.332 e. The summed E-state index contributed by atoms with van der Waals surface area (Å²) in [6.07, 6.45) is 7.33. The van der Waals surface area contributed by atoms with Crippen molar-refractivity contribution in [1.29, 1.82) is 0 Å². The smallest absolute Gasteiger partial charge is 0.332 e. The molecule has 1 atom stereocenters. The monoisotopic (exact) mass is 227 g/mol. The molecule has 16 heavy (non-hydrogen) atoms. The van der Waals surface area contributed by atoms with Crippen molar-refractivity contribution in [1.82, 2.24) is 5.32 Å². The van der Waals surface area contributed by atoms with Crippen LogP contribution >= 0.6 is 0 Å². The minimum absolute atomic E-state index is 0.00399. The molecule has 0 aromatic heterocycles. The highest BCUT2D eigenvalue weighted by Gasteiger charge is 2.03. The van der Waals surface area contributed by atoms with Crippen LogP contribution < -0.4 is 5.32 Å². The molecule has 1 N–H and O–H groups in total. The average Bonchev–Trinajstić information content (AvgIpc) is 2.27. The van der Waals surface area contributed by atoms with Crippen molar-refractivity contribution in [3.8, 4) is 12.3 Å². The molecule has 0 heterocycles. The summed E-state index contributed by atoms with van der Waals surface area (Å²) in [5.41, 5.74) is 0. The number of hydrogen-bond acceptors (Lipinski definition) is 4. The quantitative estimate of drug-likeness (QED) is 0.362. The molecular weight excluding hydrogens is 206 g/mol. The fourth-order valence-electron chi connectivity index (χ4n) is 1.20. The van der Waals surface area contributed by atoms with E-state index in [0.29, 0.717) is 19.8 Å². The Morgan fingerprint density at radius 3 is 2.81 bits per heavy atom. The van der Waals surface area contributed by atoms with Crippen LogP contribution in [0.5, 0.6) is 0 Å². The van der Waals surface area contributed by atoms with Gasteiger partial charge >= 0.3 is 5.97 Å². The molecule has 0 aromatic carbocycles. The van der Waals surface area contributed by atoms with E-state index in [0.717, 1.165) is 12.8 Å². The third-order valence-corrected chi connectivity index (χ3v) is 1.94. The fourth-order valence-corrected chi connectivity index (χ4v) is 1.20. The van der Waals surface area contributed by atoms with Crippen molar-refractivity contribution in [3.63, 3.8) is 0 Å². The zero-order valence-electron chi connectivity index (χ0n) is 10.1. The highest BCUT2D eigenvalue weighted by atomic mass is 16.6. The molecule has 0 radical (unpaired) electrons. The molecule has 4 heteroatoms. The van der Waals surface area contributed by atoms with Gasteiger partial charge < -0.3 is 14.8 Å². The molecule has 0 aromatic rings. The predicted molar refractivity (Wildman–Crippen MR) is 63.0 cm³/mol. The number of terminal acetylenes is 1. The SMILES string of the molecule is C#CC(CCC)NCCOCC(=O)OCC. The second-order valence-corrected chi connectivity index (χ2v) is 3.32. The van der Waals surface area contributed by atoms with E-state index in [1.54, 1.807) is 6.92 Å². The van der Waals surface area contributed by atoms with Crippen LogP contribution in [0.1, 0.15) is 26.7 Å². The van der Waals surface area contributed by atoms with Crippen LogP contribution in [0.3, 0.4) is 0 Å². The van der Waals surface area contributed by atoms with Gasteiger partial charge in [0.1, 0.15) is 6.61 Å². The van der Waals surface area contributed by atoms with Crippen molar-refractivity contribution in [2.45, 2.75) is 32.7 Å². The Kier molecular flexibility index (Phi) is 9.78. The normalized spacial score (nSPS) is 11.8. The van der Waals surface area contributed by atoms with Crippen LogP contribution in [-0.2, 0) is 14.3 Å². The van der Waals surface area contributed by atoms with E-state index in [4.69, 9.17) is 15.9 Å². The summed E-state index contributed by atoms with van der Waals surface area (Å²) < 4.78 is 9.83. The molecule has 1 unspecified atom stereocenters. The van der Waals surface area contributed by atoms with E-state index in [-0.39, 0.29) is 18.6 Å². The van der Waals surface area contributed by atoms with Crippen LogP contribution in [0, 0.1) is 12.3 Å². The summed E-state index contributed by atoms with van der Waals surface area (Å²) in [7, 11) is 0. The van der Waals surface area contributed by atoms with Gasteiger partial charge in [-0.05, 0) is 13.3 Å². The topological polar surface area (TPSA) is 47.6 Å². The van der Waals surface area contributed by atoms with E-state index in [2.05, 4.69) is 18.2 Å². The lowest BCUT2D eigenvalue weighted by Gasteiger charge is -2.11. The molecule has 0 aliphatic carbocycles. The summed E-state index contributed by atoms with van der Waals surface area (Å²) in [4.78, 5) is 10.9. The highest BCUT2D eigenvalue weighted by Crippen LogP contribution is 1.93. The lowest BCUT2D eigenvalue weighted by molar-refractivity contribution is -0.148. The standard InChI is InChI=1S/C12H21NO3/c1-4-7-11(5-2)13-8-9-15-10-12(14)16-6-3/h2,11,13H,4,6-10H2,1,3H3. The minimum Gasteiger partial charge on any atom is -0.464 e.